The van der Waals surface area contributed by atoms with Gasteiger partial charge >= 0.3 is 0 Å². The van der Waals surface area contributed by atoms with Crippen molar-refractivity contribution in [2.24, 2.45) is 5.92 Å². The number of H-pyrrole nitrogens is 1. The van der Waals surface area contributed by atoms with Gasteiger partial charge in [0.25, 0.3) is 5.91 Å². The van der Waals surface area contributed by atoms with Crippen molar-refractivity contribution in [3.8, 4) is 0 Å². The quantitative estimate of drug-likeness (QED) is 0.564. The van der Waals surface area contributed by atoms with E-state index in [1.807, 2.05) is 11.0 Å². The van der Waals surface area contributed by atoms with Gasteiger partial charge in [0.2, 0.25) is 0 Å². The molecule has 0 spiro atoms. The van der Waals surface area contributed by atoms with Gasteiger partial charge in [0.15, 0.2) is 0 Å². The fraction of sp³-hybridized carbons (Fsp3) is 0.483. The Morgan fingerprint density at radius 2 is 1.62 bits per heavy atom. The summed E-state index contributed by atoms with van der Waals surface area (Å²) in [7, 11) is 0. The Kier molecular flexibility index (Phi) is 6.75. The number of fused-ring (bicyclic) bond motifs is 1. The number of piperidine rings is 2. The number of para-hydroxylation sites is 1. The SMILES string of the molecule is Cc1cccc(C)c1C1CCN(Cc2c(C(=O)N3CCC(CO)CC3)[nH]c3ccccc23)CC1. The summed E-state index contributed by atoms with van der Waals surface area (Å²) in [5.41, 5.74) is 7.28. The number of hydrogen-bond acceptors (Lipinski definition) is 3. The second-order valence-electron chi connectivity index (χ2n) is 10.3. The van der Waals surface area contributed by atoms with Crippen LogP contribution in [0.15, 0.2) is 42.5 Å². The maximum Gasteiger partial charge on any atom is 0.270 e. The van der Waals surface area contributed by atoms with Crippen molar-refractivity contribution in [2.45, 2.75) is 52.0 Å². The van der Waals surface area contributed by atoms with Gasteiger partial charge in [-0.15, -0.1) is 0 Å². The summed E-state index contributed by atoms with van der Waals surface area (Å²) in [6.45, 7) is 9.04. The van der Waals surface area contributed by atoms with E-state index in [4.69, 9.17) is 0 Å². The number of aryl methyl sites for hydroxylation is 2. The zero-order chi connectivity index (χ0) is 23.7. The van der Waals surface area contributed by atoms with Crippen molar-refractivity contribution in [3.05, 3.63) is 70.4 Å². The van der Waals surface area contributed by atoms with Gasteiger partial charge in [-0.25, -0.2) is 0 Å². The van der Waals surface area contributed by atoms with Crippen LogP contribution in [0.1, 0.15) is 64.3 Å². The molecule has 3 aromatic rings. The predicted octanol–water partition coefficient (Wildman–Crippen LogP) is 5.01. The van der Waals surface area contributed by atoms with E-state index in [0.29, 0.717) is 11.8 Å². The number of carbonyl (C=O) groups is 1. The molecular formula is C29H37N3O2. The average Bonchev–Trinajstić information content (AvgIpc) is 3.23. The Bertz CT molecular complexity index is 1130. The van der Waals surface area contributed by atoms with Crippen LogP contribution in [0.5, 0.6) is 0 Å². The van der Waals surface area contributed by atoms with Crippen molar-refractivity contribution in [2.75, 3.05) is 32.8 Å². The first kappa shape index (κ1) is 23.1. The lowest BCUT2D eigenvalue weighted by Gasteiger charge is -2.34. The van der Waals surface area contributed by atoms with Gasteiger partial charge < -0.3 is 15.0 Å². The van der Waals surface area contributed by atoms with E-state index in [0.717, 1.165) is 80.6 Å². The summed E-state index contributed by atoms with van der Waals surface area (Å²) in [4.78, 5) is 21.5. The fourth-order valence-corrected chi connectivity index (χ4v) is 6.10. The third-order valence-electron chi connectivity index (χ3n) is 8.11. The maximum absolute atomic E-state index is 13.6. The second kappa shape index (κ2) is 9.93. The zero-order valence-corrected chi connectivity index (χ0v) is 20.5. The molecule has 180 valence electrons. The molecular weight excluding hydrogens is 422 g/mol. The van der Waals surface area contributed by atoms with Crippen molar-refractivity contribution >= 4 is 16.8 Å². The molecule has 3 heterocycles. The molecule has 2 aliphatic heterocycles. The van der Waals surface area contributed by atoms with Gasteiger partial charge in [0, 0.05) is 42.7 Å². The number of likely N-dealkylation sites (tertiary alicyclic amines) is 2. The number of benzene rings is 2. The second-order valence-corrected chi connectivity index (χ2v) is 10.3. The lowest BCUT2D eigenvalue weighted by molar-refractivity contribution is 0.0643. The highest BCUT2D eigenvalue weighted by Crippen LogP contribution is 2.34. The first-order valence-corrected chi connectivity index (χ1v) is 12.8. The molecule has 2 aromatic carbocycles. The third kappa shape index (κ3) is 4.51. The summed E-state index contributed by atoms with van der Waals surface area (Å²) in [5, 5.41) is 10.6. The number of carbonyl (C=O) groups excluding carboxylic acids is 1. The van der Waals surface area contributed by atoms with E-state index in [2.05, 4.69) is 60.1 Å². The first-order chi connectivity index (χ1) is 16.5. The van der Waals surface area contributed by atoms with Gasteiger partial charge in [-0.2, -0.15) is 0 Å². The van der Waals surface area contributed by atoms with E-state index >= 15 is 0 Å². The number of aliphatic hydroxyl groups excluding tert-OH is 1. The van der Waals surface area contributed by atoms with Crippen molar-refractivity contribution < 1.29 is 9.90 Å². The molecule has 1 aromatic heterocycles. The first-order valence-electron chi connectivity index (χ1n) is 12.8. The van der Waals surface area contributed by atoms with Crippen LogP contribution in [0.4, 0.5) is 0 Å². The topological polar surface area (TPSA) is 59.6 Å². The number of nitrogens with one attached hydrogen (secondary N) is 1. The molecule has 0 radical (unpaired) electrons. The van der Waals surface area contributed by atoms with E-state index in [1.54, 1.807) is 0 Å². The van der Waals surface area contributed by atoms with Crippen molar-refractivity contribution in [1.82, 2.24) is 14.8 Å². The highest BCUT2D eigenvalue weighted by molar-refractivity contribution is 6.01. The minimum absolute atomic E-state index is 0.105. The zero-order valence-electron chi connectivity index (χ0n) is 20.5. The molecule has 5 rings (SSSR count). The number of aliphatic hydroxyl groups is 1. The van der Waals surface area contributed by atoms with E-state index in [1.165, 1.54) is 16.7 Å². The Labute approximate surface area is 202 Å². The lowest BCUT2D eigenvalue weighted by atomic mass is 9.84. The maximum atomic E-state index is 13.6. The van der Waals surface area contributed by atoms with Crippen LogP contribution >= 0.6 is 0 Å². The van der Waals surface area contributed by atoms with Crippen molar-refractivity contribution in [3.63, 3.8) is 0 Å². The van der Waals surface area contributed by atoms with Crippen LogP contribution in [0, 0.1) is 19.8 Å². The third-order valence-corrected chi connectivity index (χ3v) is 8.11. The number of amides is 1. The van der Waals surface area contributed by atoms with Crippen LogP contribution in [0.3, 0.4) is 0 Å². The normalized spacial score (nSPS) is 18.6. The van der Waals surface area contributed by atoms with Crippen LogP contribution < -0.4 is 0 Å². The highest BCUT2D eigenvalue weighted by atomic mass is 16.3. The van der Waals surface area contributed by atoms with Crippen LogP contribution in [-0.2, 0) is 6.54 Å². The monoisotopic (exact) mass is 459 g/mol. The Hall–Kier alpha value is -2.63. The standard InChI is InChI=1S/C29H37N3O2/c1-20-6-5-7-21(2)27(20)23-12-14-31(15-13-23)18-25-24-8-3-4-9-26(24)30-28(25)29(34)32-16-10-22(19-33)11-17-32/h3-9,22-23,30,33H,10-19H2,1-2H3. The van der Waals surface area contributed by atoms with Crippen molar-refractivity contribution in [1.29, 1.82) is 0 Å². The summed E-state index contributed by atoms with van der Waals surface area (Å²) in [6.07, 6.45) is 4.07. The van der Waals surface area contributed by atoms with Gasteiger partial charge in [0.1, 0.15) is 5.69 Å². The molecule has 0 unspecified atom stereocenters. The molecule has 2 aliphatic rings. The molecule has 2 N–H and O–H groups in total. The molecule has 5 nitrogen and oxygen atoms in total. The Balaban J connectivity index is 1.33. The van der Waals surface area contributed by atoms with Crippen LogP contribution in [0.25, 0.3) is 10.9 Å². The van der Waals surface area contributed by atoms with E-state index < -0.39 is 0 Å². The minimum atomic E-state index is 0.105. The minimum Gasteiger partial charge on any atom is -0.396 e. The van der Waals surface area contributed by atoms with Crippen LogP contribution in [-0.4, -0.2) is 58.6 Å². The number of hydrogen-bond donors (Lipinski definition) is 2. The molecule has 5 heteroatoms. The van der Waals surface area contributed by atoms with Crippen LogP contribution in [0.2, 0.25) is 0 Å². The summed E-state index contributed by atoms with van der Waals surface area (Å²) in [5.74, 6) is 1.05. The molecule has 2 saturated heterocycles. The summed E-state index contributed by atoms with van der Waals surface area (Å²) < 4.78 is 0. The summed E-state index contributed by atoms with van der Waals surface area (Å²) >= 11 is 0. The van der Waals surface area contributed by atoms with Gasteiger partial charge in [0.05, 0.1) is 0 Å². The van der Waals surface area contributed by atoms with E-state index in [-0.39, 0.29) is 12.5 Å². The molecule has 2 fully saturated rings. The van der Waals surface area contributed by atoms with Gasteiger partial charge in [-0.1, -0.05) is 36.4 Å². The van der Waals surface area contributed by atoms with Gasteiger partial charge in [-0.05, 0) is 87.2 Å². The smallest absolute Gasteiger partial charge is 0.270 e. The molecule has 34 heavy (non-hydrogen) atoms. The molecule has 0 saturated carbocycles. The number of nitrogens with zero attached hydrogens (tertiary/aromatic N) is 2. The Morgan fingerprint density at radius 3 is 2.29 bits per heavy atom. The molecule has 1 amide bonds. The molecule has 0 aliphatic carbocycles. The molecule has 0 bridgehead atoms. The predicted molar refractivity (Wildman–Crippen MR) is 137 cm³/mol. The largest absolute Gasteiger partial charge is 0.396 e. The summed E-state index contributed by atoms with van der Waals surface area (Å²) in [6, 6.07) is 14.9. The number of aromatic amines is 1. The number of aromatic nitrogens is 1. The average molecular weight is 460 g/mol. The highest BCUT2D eigenvalue weighted by Gasteiger charge is 2.29. The van der Waals surface area contributed by atoms with Gasteiger partial charge in [-0.3, -0.25) is 9.69 Å². The molecule has 0 atom stereocenters. The number of rotatable bonds is 5. The van der Waals surface area contributed by atoms with E-state index in [9.17, 15) is 9.90 Å². The Morgan fingerprint density at radius 1 is 0.941 bits per heavy atom. The lowest BCUT2D eigenvalue weighted by Crippen LogP contribution is -2.40. The fourth-order valence-electron chi connectivity index (χ4n) is 6.10.